The summed E-state index contributed by atoms with van der Waals surface area (Å²) in [5, 5.41) is 20.2. The highest BCUT2D eigenvalue weighted by molar-refractivity contribution is 8.24. The number of nitrogens with one attached hydrogen (secondary N) is 6. The van der Waals surface area contributed by atoms with E-state index in [4.69, 9.17) is 61.3 Å². The number of hydrogen-bond acceptors (Lipinski definition) is 28. The highest BCUT2D eigenvalue weighted by Crippen LogP contribution is 2.61. The van der Waals surface area contributed by atoms with Crippen molar-refractivity contribution >= 4 is 173 Å². The summed E-state index contributed by atoms with van der Waals surface area (Å²) in [6.45, 7) is 17.1. The average Bonchev–Trinajstić information content (AvgIpc) is 1.52. The molecule has 8 unspecified atom stereocenters. The monoisotopic (exact) mass is 1820 g/mol. The Labute approximate surface area is 689 Å². The maximum Gasteiger partial charge on any atom is 0.356 e. The Kier molecular flexibility index (Phi) is 50.1. The molecule has 0 bridgehead atoms. The number of ether oxygens (including phenoxy) is 6. The van der Waals surface area contributed by atoms with Gasteiger partial charge in [-0.3, -0.25) is 45.0 Å². The minimum Gasteiger partial charge on any atom is -0.760 e. The molecule has 0 radical (unpaired) electrons. The number of anilines is 4. The number of nitrogen functional groups attached to an aromatic ring is 1. The van der Waals surface area contributed by atoms with Crippen LogP contribution < -0.4 is 46.3 Å². The molecule has 644 valence electrons. The second-order valence-corrected chi connectivity index (χ2v) is 36.2. The van der Waals surface area contributed by atoms with E-state index < -0.39 is 94.7 Å². The molecule has 8 atom stereocenters. The van der Waals surface area contributed by atoms with E-state index in [9.17, 15) is 70.8 Å². The molecule has 8 aromatic rings. The van der Waals surface area contributed by atoms with E-state index in [0.717, 1.165) is 23.5 Å². The van der Waals surface area contributed by atoms with E-state index in [1.165, 1.54) is 77.4 Å². The molecule has 13 N–H and O–H groups in total. The molecule has 114 heavy (non-hydrogen) atoms. The number of nitrogens with two attached hydrogens (primary N) is 3. The average molecular weight is 1820 g/mol. The van der Waals surface area contributed by atoms with E-state index in [1.54, 1.807) is 130 Å². The van der Waals surface area contributed by atoms with E-state index in [-0.39, 0.29) is 47.4 Å². The standard InChI is InChI=1S/C14H20N4O2S.C9H13N3O4S.C7H6ClN3O2S.C7H7N3O3S.C7H10N2O2.C7H15N.C6H15NO4S.C6H14O5S.Cl3OP/c1-10-5-2-3-6-11(10)16-14-12(17-21(19)20)9-15-18-8-4-7-13(14)18;1-2-16-9(13)8-4-3-7-12(8)10-5-6-11-17(14)15;8-7-5(10-14(12)13)4-9-11-3-1-2-6(7)11;11-7-5(9-14(12)13)4-8-10-3-1-2-6(7)10;1-2-11-7(10)6-4-3-5-9(6)8;1-6-4-2-3-5-7(6)8;2*1-3-10-6(11-4-2)5-12(7,8)9;1-5(2,3)4/h4,7-11,16-17H,2-3,5-6H2,1H3,(H,19,20);3-5,7,11H,2,6H2,1H3,(H,14,15);1-4,10H,(H,12,13);1-4,8-9H,(H,12,13);3-5H,2,8H2,1H3;6-7H,2-5,8H2,1H3;6H,3-5H2,1-2H3,(H2,7,8,9);6H,3-5H2,1-2H3,(H,7,8,9);/p-4/b;10-5-;;;;;;;. The van der Waals surface area contributed by atoms with Crippen LogP contribution in [0.5, 0.6) is 0 Å². The summed E-state index contributed by atoms with van der Waals surface area (Å²) in [6, 6.07) is 18.0. The molecule has 2 fully saturated rings. The predicted molar refractivity (Wildman–Crippen MR) is 437 cm³/mol. The van der Waals surface area contributed by atoms with Gasteiger partial charge in [-0.15, -0.1) is 0 Å². The van der Waals surface area contributed by atoms with Crippen LogP contribution in [0.4, 0.5) is 22.7 Å². The quantitative estimate of drug-likeness (QED) is 0.00421. The number of halogens is 4. The van der Waals surface area contributed by atoms with Crippen LogP contribution in [0.1, 0.15) is 128 Å². The number of sulfonamides is 1. The van der Waals surface area contributed by atoms with Gasteiger partial charge < -0.3 is 77.7 Å². The number of carbonyl (C=O) groups excluding carboxylic acids is 2. The summed E-state index contributed by atoms with van der Waals surface area (Å²) < 4.78 is 189. The summed E-state index contributed by atoms with van der Waals surface area (Å²) in [6.07, 6.45) is 22.4. The Morgan fingerprint density at radius 3 is 1.60 bits per heavy atom. The van der Waals surface area contributed by atoms with Gasteiger partial charge in [0.15, 0.2) is 12.6 Å². The predicted octanol–water partition coefficient (Wildman–Crippen LogP) is 8.10. The van der Waals surface area contributed by atoms with Crippen LogP contribution in [0.15, 0.2) is 120 Å². The van der Waals surface area contributed by atoms with Crippen molar-refractivity contribution in [1.82, 2.24) is 42.9 Å². The lowest BCUT2D eigenvalue weighted by Gasteiger charge is -2.31. The number of fused-ring (bicyclic) bond motifs is 3. The summed E-state index contributed by atoms with van der Waals surface area (Å²) in [5.41, 5.74) is 9.56. The first kappa shape index (κ1) is 104. The number of nitrogens with zero attached hydrogens (tertiary/aromatic N) is 8. The molecule has 0 spiro atoms. The zero-order valence-electron chi connectivity index (χ0n) is 63.1. The molecule has 8 heterocycles. The van der Waals surface area contributed by atoms with Gasteiger partial charge in [0.25, 0.3) is 10.1 Å². The number of aromatic nitrogens is 8. The van der Waals surface area contributed by atoms with Crippen molar-refractivity contribution in [2.24, 2.45) is 27.8 Å². The maximum absolute atomic E-state index is 11.5. The highest BCUT2D eigenvalue weighted by Gasteiger charge is 2.24. The minimum atomic E-state index is -4.02. The molecule has 0 amide bonds. The topological polar surface area (TPSA) is 588 Å². The zero-order valence-corrected chi connectivity index (χ0v) is 71.9. The Balaban J connectivity index is 0.000000444. The van der Waals surface area contributed by atoms with Crippen LogP contribution >= 0.6 is 50.5 Å². The normalized spacial score (nSPS) is 16.3. The third kappa shape index (κ3) is 43.1. The molecule has 0 aliphatic heterocycles. The first-order valence-electron chi connectivity index (χ1n) is 34.5. The van der Waals surface area contributed by atoms with Crippen LogP contribution in [0.25, 0.3) is 16.6 Å². The Morgan fingerprint density at radius 1 is 0.658 bits per heavy atom. The Morgan fingerprint density at radius 2 is 1.11 bits per heavy atom. The van der Waals surface area contributed by atoms with Gasteiger partial charge in [0.05, 0.1) is 58.7 Å². The van der Waals surface area contributed by atoms with Crippen molar-refractivity contribution in [2.45, 2.75) is 131 Å². The maximum atomic E-state index is 11.5. The van der Waals surface area contributed by atoms with Gasteiger partial charge in [0, 0.05) is 134 Å². The van der Waals surface area contributed by atoms with Gasteiger partial charge in [-0.25, -0.2) is 41.6 Å². The molecule has 10 rings (SSSR count). The first-order chi connectivity index (χ1) is 53.7. The van der Waals surface area contributed by atoms with Crippen LogP contribution in [0, 0.1) is 11.8 Å². The Hall–Kier alpha value is -6.55. The van der Waals surface area contributed by atoms with Crippen LogP contribution in [0.2, 0.25) is 5.02 Å². The molecular weight excluding hydrogens is 1730 g/mol. The molecule has 8 aromatic heterocycles. The van der Waals surface area contributed by atoms with E-state index in [1.807, 2.05) is 23.1 Å². The summed E-state index contributed by atoms with van der Waals surface area (Å²) in [4.78, 5) is 34.0. The molecule has 40 nitrogen and oxygen atoms in total. The second-order valence-electron chi connectivity index (χ2n) is 23.2. The fourth-order valence-electron chi connectivity index (χ4n) is 9.92. The molecule has 51 heteroatoms. The molecule has 0 saturated heterocycles. The molecule has 2 aliphatic carbocycles. The van der Waals surface area contributed by atoms with Gasteiger partial charge in [-0.05, 0) is 173 Å². The summed E-state index contributed by atoms with van der Waals surface area (Å²) in [5.74, 6) is 5.06. The lowest BCUT2D eigenvalue weighted by molar-refractivity contribution is -0.121. The number of carbonyl (C=O) groups is 2. The largest absolute Gasteiger partial charge is 0.760 e. The third-order valence-corrected chi connectivity index (χ3v) is 18.3. The van der Waals surface area contributed by atoms with Crippen molar-refractivity contribution in [3.63, 3.8) is 0 Å². The van der Waals surface area contributed by atoms with Crippen molar-refractivity contribution in [1.29, 1.82) is 0 Å². The van der Waals surface area contributed by atoms with Crippen molar-refractivity contribution in [2.75, 3.05) is 83.0 Å². The summed E-state index contributed by atoms with van der Waals surface area (Å²) >= 11 is 10.2. The number of aromatic amines is 1. The van der Waals surface area contributed by atoms with Crippen molar-refractivity contribution < 1.29 is 99.0 Å². The lowest BCUT2D eigenvalue weighted by atomic mass is 9.86. The van der Waals surface area contributed by atoms with Gasteiger partial charge >= 0.3 is 17.1 Å². The smallest absolute Gasteiger partial charge is 0.356 e. The minimum absolute atomic E-state index is 0.00420. The van der Waals surface area contributed by atoms with Crippen LogP contribution in [0.3, 0.4) is 0 Å². The van der Waals surface area contributed by atoms with E-state index in [0.29, 0.717) is 78.5 Å². The van der Waals surface area contributed by atoms with Gasteiger partial charge in [0.1, 0.15) is 34.1 Å². The first-order valence-corrected chi connectivity index (χ1v) is 46.9. The fourth-order valence-corrected chi connectivity index (χ4v) is 12.5. The fraction of sp³-hybridized carbons (Fsp3) is 0.492. The number of hydrogen-bond donors (Lipinski definition) is 10. The molecule has 2 aliphatic rings. The van der Waals surface area contributed by atoms with E-state index >= 15 is 0 Å². The lowest BCUT2D eigenvalue weighted by Crippen LogP contribution is -2.31. The van der Waals surface area contributed by atoms with Gasteiger partial charge in [-0.2, -0.15) is 23.7 Å². The van der Waals surface area contributed by atoms with E-state index in [2.05, 4.69) is 87.5 Å². The number of esters is 2. The van der Waals surface area contributed by atoms with Gasteiger partial charge in [-0.1, -0.05) is 51.1 Å². The second kappa shape index (κ2) is 55.2. The van der Waals surface area contributed by atoms with Crippen molar-refractivity contribution in [3.8, 4) is 0 Å². The SMILES string of the molecule is CC1CCCCC1N.CC1CCCCC1Nc1c(NS(=O)[O-])cnn2cccc12.CCOC(=O)c1cccn1/N=C\CNS(=O)[O-].CCOC(=O)c1cccn1N.CCOC(CS(=O)(=O)O)OCC.CCOC(CS(N)(=O)=O)OCC.O=P(Cl)(Cl)Cl.O=S([O-])Nc1cnn2cccc2c1Cl.O=c1c(NS(=O)[O-])c[nH]n2cccc12. The third-order valence-electron chi connectivity index (χ3n) is 14.9. The van der Waals surface area contributed by atoms with Gasteiger partial charge in [0.2, 0.25) is 15.5 Å². The summed E-state index contributed by atoms with van der Waals surface area (Å²) in [7, 11) is -7.54. The molecule has 2 saturated carbocycles. The van der Waals surface area contributed by atoms with Crippen molar-refractivity contribution in [3.05, 3.63) is 137 Å². The zero-order chi connectivity index (χ0) is 85.7. The Bertz CT molecular complexity index is 4580. The number of H-pyrrole nitrogens is 1. The van der Waals surface area contributed by atoms with Crippen LogP contribution in [-0.2, 0) is 98.2 Å². The number of rotatable bonds is 28. The highest BCUT2D eigenvalue weighted by atomic mass is 36.0. The molecule has 0 aromatic carbocycles. The van der Waals surface area contributed by atoms with Crippen LogP contribution in [-0.4, -0.2) is 195 Å². The number of primary sulfonamides is 1. The molecular formula is C63H96Cl4N17O23PS6-4.